The lowest BCUT2D eigenvalue weighted by Gasteiger charge is -2.19. The molecule has 0 aliphatic carbocycles. The van der Waals surface area contributed by atoms with E-state index in [1.165, 1.54) is 5.56 Å². The van der Waals surface area contributed by atoms with Gasteiger partial charge in [-0.05, 0) is 47.0 Å². The number of hydrogen-bond donors (Lipinski definition) is 1. The van der Waals surface area contributed by atoms with Crippen molar-refractivity contribution < 1.29 is 9.21 Å². The van der Waals surface area contributed by atoms with Crippen LogP contribution in [-0.4, -0.2) is 16.1 Å². The van der Waals surface area contributed by atoms with Crippen LogP contribution in [0.5, 0.6) is 0 Å². The highest BCUT2D eigenvalue weighted by molar-refractivity contribution is 7.10. The van der Waals surface area contributed by atoms with Crippen molar-refractivity contribution >= 4 is 17.2 Å². The second-order valence-corrected chi connectivity index (χ2v) is 8.84. The van der Waals surface area contributed by atoms with E-state index < -0.39 is 0 Å². The molecule has 1 amide bonds. The summed E-state index contributed by atoms with van der Waals surface area (Å²) < 4.78 is 5.73. The minimum Gasteiger partial charge on any atom is -0.421 e. The Morgan fingerprint density at radius 3 is 2.44 bits per heavy atom. The smallest absolute Gasteiger partial charge is 0.247 e. The van der Waals surface area contributed by atoms with Crippen LogP contribution < -0.4 is 5.32 Å². The van der Waals surface area contributed by atoms with E-state index in [4.69, 9.17) is 4.42 Å². The fourth-order valence-electron chi connectivity index (χ4n) is 3.53. The van der Waals surface area contributed by atoms with Gasteiger partial charge in [-0.3, -0.25) is 4.79 Å². The van der Waals surface area contributed by atoms with Crippen LogP contribution in [-0.2, 0) is 11.2 Å². The Labute approximate surface area is 192 Å². The molecule has 0 spiro atoms. The van der Waals surface area contributed by atoms with Crippen molar-refractivity contribution in [3.63, 3.8) is 0 Å². The molecule has 5 nitrogen and oxygen atoms in total. The summed E-state index contributed by atoms with van der Waals surface area (Å²) in [6, 6.07) is 22.1. The SMILES string of the molecule is CCC(C)c1ccc(C(NC(=O)CCc2nnc(-c3ccccc3)o2)c2cccs2)cc1. The van der Waals surface area contributed by atoms with Crippen LogP contribution in [0, 0.1) is 0 Å². The molecule has 0 bridgehead atoms. The number of aryl methyl sites for hydroxylation is 1. The molecule has 4 rings (SSSR count). The Morgan fingerprint density at radius 1 is 1.00 bits per heavy atom. The number of nitrogens with one attached hydrogen (secondary N) is 1. The fourth-order valence-corrected chi connectivity index (χ4v) is 4.34. The normalized spacial score (nSPS) is 12.9. The van der Waals surface area contributed by atoms with Gasteiger partial charge in [0, 0.05) is 23.3 Å². The van der Waals surface area contributed by atoms with Gasteiger partial charge in [-0.1, -0.05) is 62.4 Å². The van der Waals surface area contributed by atoms with E-state index in [9.17, 15) is 4.79 Å². The maximum atomic E-state index is 12.8. The third-order valence-corrected chi connectivity index (χ3v) is 6.57. The molecular weight excluding hydrogens is 418 g/mol. The van der Waals surface area contributed by atoms with Gasteiger partial charge in [0.1, 0.15) is 0 Å². The number of hydrogen-bond acceptors (Lipinski definition) is 5. The molecule has 2 heterocycles. The molecule has 4 aromatic rings. The van der Waals surface area contributed by atoms with Gasteiger partial charge in [-0.15, -0.1) is 21.5 Å². The summed E-state index contributed by atoms with van der Waals surface area (Å²) >= 11 is 1.64. The first-order chi connectivity index (χ1) is 15.6. The predicted octanol–water partition coefficient (Wildman–Crippen LogP) is 6.15. The maximum Gasteiger partial charge on any atom is 0.247 e. The first-order valence-corrected chi connectivity index (χ1v) is 11.8. The minimum atomic E-state index is -0.170. The van der Waals surface area contributed by atoms with Crippen molar-refractivity contribution in [3.8, 4) is 11.5 Å². The molecule has 0 aliphatic heterocycles. The van der Waals surface area contributed by atoms with Crippen molar-refractivity contribution in [2.45, 2.75) is 45.1 Å². The van der Waals surface area contributed by atoms with Crippen LogP contribution in [0.4, 0.5) is 0 Å². The van der Waals surface area contributed by atoms with E-state index >= 15 is 0 Å². The Kier molecular flexibility index (Phi) is 7.12. The monoisotopic (exact) mass is 445 g/mol. The second kappa shape index (κ2) is 10.4. The van der Waals surface area contributed by atoms with Gasteiger partial charge in [0.15, 0.2) is 0 Å². The second-order valence-electron chi connectivity index (χ2n) is 7.86. The quantitative estimate of drug-likeness (QED) is 0.335. The molecule has 2 unspecified atom stereocenters. The molecule has 0 fully saturated rings. The fraction of sp³-hybridized carbons (Fsp3) is 0.269. The van der Waals surface area contributed by atoms with Crippen LogP contribution in [0.3, 0.4) is 0 Å². The Morgan fingerprint density at radius 2 is 1.75 bits per heavy atom. The Bertz CT molecular complexity index is 1120. The number of carbonyl (C=O) groups excluding carboxylic acids is 1. The van der Waals surface area contributed by atoms with Crippen LogP contribution in [0.2, 0.25) is 0 Å². The Balaban J connectivity index is 1.42. The summed E-state index contributed by atoms with van der Waals surface area (Å²) in [5.74, 6) is 1.41. The number of rotatable bonds is 9. The maximum absolute atomic E-state index is 12.8. The predicted molar refractivity (Wildman–Crippen MR) is 128 cm³/mol. The zero-order chi connectivity index (χ0) is 22.3. The zero-order valence-electron chi connectivity index (χ0n) is 18.3. The third-order valence-electron chi connectivity index (χ3n) is 5.64. The van der Waals surface area contributed by atoms with Crippen molar-refractivity contribution in [1.29, 1.82) is 0 Å². The summed E-state index contributed by atoms with van der Waals surface area (Å²) in [5, 5.41) is 13.4. The topological polar surface area (TPSA) is 68.0 Å². The lowest BCUT2D eigenvalue weighted by atomic mass is 9.95. The molecular formula is C26H27N3O2S. The van der Waals surface area contributed by atoms with Crippen molar-refractivity contribution in [3.05, 3.63) is 94.0 Å². The van der Waals surface area contributed by atoms with E-state index in [0.717, 1.165) is 22.4 Å². The van der Waals surface area contributed by atoms with Crippen LogP contribution in [0.1, 0.15) is 60.5 Å². The van der Waals surface area contributed by atoms with Gasteiger partial charge in [-0.2, -0.15) is 0 Å². The van der Waals surface area contributed by atoms with Gasteiger partial charge in [0.05, 0.1) is 6.04 Å². The first kappa shape index (κ1) is 22.0. The van der Waals surface area contributed by atoms with Gasteiger partial charge in [0.25, 0.3) is 0 Å². The van der Waals surface area contributed by atoms with E-state index in [1.54, 1.807) is 11.3 Å². The number of aromatic nitrogens is 2. The number of amides is 1. The van der Waals surface area contributed by atoms with Gasteiger partial charge >= 0.3 is 0 Å². The standard InChI is InChI=1S/C26H27N3O2S/c1-3-18(2)19-11-13-20(14-12-19)25(22-10-7-17-32-22)27-23(30)15-16-24-28-29-26(31-24)21-8-5-4-6-9-21/h4-14,17-18,25H,3,15-16H2,1-2H3,(H,27,30). The lowest BCUT2D eigenvalue weighted by Crippen LogP contribution is -2.29. The van der Waals surface area contributed by atoms with E-state index in [2.05, 4.69) is 59.7 Å². The average molecular weight is 446 g/mol. The molecule has 2 aromatic carbocycles. The van der Waals surface area contributed by atoms with Gasteiger partial charge in [0.2, 0.25) is 17.7 Å². The number of nitrogens with zero attached hydrogens (tertiary/aromatic N) is 2. The first-order valence-electron chi connectivity index (χ1n) is 10.9. The summed E-state index contributed by atoms with van der Waals surface area (Å²) in [6.45, 7) is 4.42. The van der Waals surface area contributed by atoms with Gasteiger partial charge in [-0.25, -0.2) is 0 Å². The summed E-state index contributed by atoms with van der Waals surface area (Å²) in [7, 11) is 0. The van der Waals surface area contributed by atoms with Crippen LogP contribution in [0.15, 0.2) is 76.5 Å². The summed E-state index contributed by atoms with van der Waals surface area (Å²) in [4.78, 5) is 13.9. The summed E-state index contributed by atoms with van der Waals surface area (Å²) in [5.41, 5.74) is 3.27. The third kappa shape index (κ3) is 5.32. The lowest BCUT2D eigenvalue weighted by molar-refractivity contribution is -0.121. The molecule has 32 heavy (non-hydrogen) atoms. The van der Waals surface area contributed by atoms with E-state index in [-0.39, 0.29) is 18.4 Å². The molecule has 0 radical (unpaired) electrons. The highest BCUT2D eigenvalue weighted by Gasteiger charge is 2.19. The average Bonchev–Trinajstić information content (AvgIpc) is 3.54. The van der Waals surface area contributed by atoms with Crippen molar-refractivity contribution in [2.24, 2.45) is 0 Å². The molecule has 1 N–H and O–H groups in total. The molecule has 6 heteroatoms. The van der Waals surface area contributed by atoms with Crippen LogP contribution in [0.25, 0.3) is 11.5 Å². The van der Waals surface area contributed by atoms with Crippen molar-refractivity contribution in [1.82, 2.24) is 15.5 Å². The number of thiophene rings is 1. The van der Waals surface area contributed by atoms with Crippen LogP contribution >= 0.6 is 11.3 Å². The molecule has 0 saturated carbocycles. The van der Waals surface area contributed by atoms with E-state index in [1.807, 2.05) is 41.8 Å². The number of benzene rings is 2. The molecule has 0 saturated heterocycles. The highest BCUT2D eigenvalue weighted by Crippen LogP contribution is 2.28. The Hall–Kier alpha value is -3.25. The zero-order valence-corrected chi connectivity index (χ0v) is 19.1. The molecule has 0 aliphatic rings. The highest BCUT2D eigenvalue weighted by atomic mass is 32.1. The molecule has 2 aromatic heterocycles. The molecule has 164 valence electrons. The number of carbonyl (C=O) groups is 1. The summed E-state index contributed by atoms with van der Waals surface area (Å²) in [6.07, 6.45) is 1.78. The van der Waals surface area contributed by atoms with Crippen molar-refractivity contribution in [2.75, 3.05) is 0 Å². The minimum absolute atomic E-state index is 0.0473. The molecule has 2 atom stereocenters. The van der Waals surface area contributed by atoms with Gasteiger partial charge < -0.3 is 9.73 Å². The van der Waals surface area contributed by atoms with E-state index in [0.29, 0.717) is 24.1 Å². The largest absolute Gasteiger partial charge is 0.421 e.